The van der Waals surface area contributed by atoms with Crippen molar-refractivity contribution >= 4 is 32.4 Å². The van der Waals surface area contributed by atoms with E-state index in [1.54, 1.807) is 19.2 Å². The number of aromatic nitrogens is 1. The van der Waals surface area contributed by atoms with Gasteiger partial charge in [-0.05, 0) is 49.4 Å². The minimum Gasteiger partial charge on any atom is -0.496 e. The molecule has 3 N–H and O–H groups in total. The first-order valence-corrected chi connectivity index (χ1v) is 11.0. The summed E-state index contributed by atoms with van der Waals surface area (Å²) in [6, 6.07) is 20.9. The summed E-state index contributed by atoms with van der Waals surface area (Å²) in [5.74, 6) is 1.69. The van der Waals surface area contributed by atoms with Gasteiger partial charge in [0.1, 0.15) is 11.6 Å². The summed E-state index contributed by atoms with van der Waals surface area (Å²) < 4.78 is 31.7. The van der Waals surface area contributed by atoms with Crippen LogP contribution in [0.25, 0.3) is 22.0 Å². The van der Waals surface area contributed by atoms with Crippen LogP contribution in [-0.4, -0.2) is 27.6 Å². The number of fused-ring (bicyclic) bond motifs is 1. The van der Waals surface area contributed by atoms with Gasteiger partial charge in [-0.25, -0.2) is 13.1 Å². The van der Waals surface area contributed by atoms with Crippen LogP contribution in [0.15, 0.2) is 71.6 Å². The number of methoxy groups -OCH3 is 1. The lowest BCUT2D eigenvalue weighted by molar-refractivity contribution is 0.412. The molecule has 0 aliphatic carbocycles. The number of aromatic amines is 1. The summed E-state index contributed by atoms with van der Waals surface area (Å²) in [6.45, 7) is 2.00. The molecule has 4 aromatic rings. The summed E-state index contributed by atoms with van der Waals surface area (Å²) in [5, 5.41) is 4.44. The van der Waals surface area contributed by atoms with Gasteiger partial charge in [0.25, 0.3) is 0 Å². The summed E-state index contributed by atoms with van der Waals surface area (Å²) in [6.07, 6.45) is 0. The fraction of sp³-hybridized carbons (Fsp3) is 0.130. The van der Waals surface area contributed by atoms with E-state index < -0.39 is 10.0 Å². The highest BCUT2D eigenvalue weighted by Gasteiger charge is 2.13. The van der Waals surface area contributed by atoms with Gasteiger partial charge in [0.2, 0.25) is 10.0 Å². The molecular weight excluding hydrogens is 398 g/mol. The van der Waals surface area contributed by atoms with Crippen LogP contribution in [0.4, 0.5) is 11.5 Å². The maximum Gasteiger partial charge on any atom is 0.240 e. The lowest BCUT2D eigenvalue weighted by Crippen LogP contribution is -2.18. The van der Waals surface area contributed by atoms with Crippen LogP contribution in [0.1, 0.15) is 5.56 Å². The molecule has 0 bridgehead atoms. The standard InChI is InChI=1S/C23H23N3O3S/c1-15-7-10-18(14-21(15)29-3)25-22-13-17-5-4-6-20(23(17)26-22)16-8-11-19(12-9-16)30(27,28)24-2/h4-14,24-26H,1-3H3. The molecule has 0 aliphatic rings. The highest BCUT2D eigenvalue weighted by atomic mass is 32.2. The lowest BCUT2D eigenvalue weighted by atomic mass is 10.0. The number of aryl methyl sites for hydroxylation is 1. The van der Waals surface area contributed by atoms with Gasteiger partial charge in [-0.3, -0.25) is 0 Å². The minimum atomic E-state index is -3.46. The molecule has 0 amide bonds. The number of H-pyrrole nitrogens is 1. The number of anilines is 2. The van der Waals surface area contributed by atoms with Gasteiger partial charge in [0.05, 0.1) is 17.5 Å². The second-order valence-corrected chi connectivity index (χ2v) is 8.88. The van der Waals surface area contributed by atoms with Crippen molar-refractivity contribution in [3.63, 3.8) is 0 Å². The predicted molar refractivity (Wildman–Crippen MR) is 121 cm³/mol. The molecular formula is C23H23N3O3S. The normalized spacial score (nSPS) is 11.6. The zero-order valence-electron chi connectivity index (χ0n) is 17.0. The van der Waals surface area contributed by atoms with Gasteiger partial charge < -0.3 is 15.0 Å². The second kappa shape index (κ2) is 7.85. The molecule has 0 aliphatic heterocycles. The van der Waals surface area contributed by atoms with Gasteiger partial charge in [-0.2, -0.15) is 0 Å². The van der Waals surface area contributed by atoms with Crippen LogP contribution in [0.2, 0.25) is 0 Å². The van der Waals surface area contributed by atoms with Crippen molar-refractivity contribution in [2.45, 2.75) is 11.8 Å². The Bertz CT molecular complexity index is 1310. The van der Waals surface area contributed by atoms with Gasteiger partial charge in [-0.15, -0.1) is 0 Å². The van der Waals surface area contributed by atoms with Crippen molar-refractivity contribution in [2.75, 3.05) is 19.5 Å². The van der Waals surface area contributed by atoms with Gasteiger partial charge >= 0.3 is 0 Å². The fourth-order valence-electron chi connectivity index (χ4n) is 3.45. The predicted octanol–water partition coefficient (Wildman–Crippen LogP) is 4.80. The number of ether oxygens (including phenoxy) is 1. The monoisotopic (exact) mass is 421 g/mol. The molecule has 0 saturated heterocycles. The molecule has 0 fully saturated rings. The molecule has 4 rings (SSSR count). The van der Waals surface area contributed by atoms with Crippen LogP contribution in [0.3, 0.4) is 0 Å². The molecule has 0 unspecified atom stereocenters. The van der Waals surface area contributed by atoms with E-state index in [-0.39, 0.29) is 4.90 Å². The average Bonchev–Trinajstić information content (AvgIpc) is 3.17. The van der Waals surface area contributed by atoms with E-state index in [4.69, 9.17) is 4.74 Å². The minimum absolute atomic E-state index is 0.239. The van der Waals surface area contributed by atoms with E-state index in [9.17, 15) is 8.42 Å². The largest absolute Gasteiger partial charge is 0.496 e. The third kappa shape index (κ3) is 3.77. The number of para-hydroxylation sites is 1. The Hall–Kier alpha value is -3.29. The highest BCUT2D eigenvalue weighted by molar-refractivity contribution is 7.89. The van der Waals surface area contributed by atoms with Crippen molar-refractivity contribution in [1.29, 1.82) is 0 Å². The Labute approximate surface area is 176 Å². The number of hydrogen-bond donors (Lipinski definition) is 3. The highest BCUT2D eigenvalue weighted by Crippen LogP contribution is 2.32. The molecule has 0 spiro atoms. The maximum atomic E-state index is 12.0. The smallest absolute Gasteiger partial charge is 0.240 e. The average molecular weight is 422 g/mol. The maximum absolute atomic E-state index is 12.0. The second-order valence-electron chi connectivity index (χ2n) is 6.99. The summed E-state index contributed by atoms with van der Waals surface area (Å²) >= 11 is 0. The van der Waals surface area contributed by atoms with Crippen molar-refractivity contribution < 1.29 is 13.2 Å². The van der Waals surface area contributed by atoms with E-state index >= 15 is 0 Å². The van der Waals surface area contributed by atoms with E-state index in [0.717, 1.165) is 44.8 Å². The number of benzene rings is 3. The Morgan fingerprint density at radius 1 is 0.967 bits per heavy atom. The molecule has 7 heteroatoms. The Balaban J connectivity index is 1.69. The molecule has 3 aromatic carbocycles. The van der Waals surface area contributed by atoms with Crippen LogP contribution in [-0.2, 0) is 10.0 Å². The zero-order valence-corrected chi connectivity index (χ0v) is 17.8. The van der Waals surface area contributed by atoms with E-state index in [1.165, 1.54) is 7.05 Å². The van der Waals surface area contributed by atoms with E-state index in [1.807, 2.05) is 61.5 Å². The molecule has 0 saturated carbocycles. The molecule has 154 valence electrons. The molecule has 1 heterocycles. The third-order valence-electron chi connectivity index (χ3n) is 5.09. The van der Waals surface area contributed by atoms with Gasteiger partial charge in [0, 0.05) is 22.7 Å². The number of rotatable bonds is 6. The van der Waals surface area contributed by atoms with Crippen molar-refractivity contribution in [1.82, 2.24) is 9.71 Å². The van der Waals surface area contributed by atoms with Crippen LogP contribution in [0.5, 0.6) is 5.75 Å². The van der Waals surface area contributed by atoms with Gasteiger partial charge in [0.15, 0.2) is 0 Å². The molecule has 0 atom stereocenters. The topological polar surface area (TPSA) is 83.2 Å². The zero-order chi connectivity index (χ0) is 21.3. The first-order valence-electron chi connectivity index (χ1n) is 9.48. The van der Waals surface area contributed by atoms with Crippen LogP contribution in [0, 0.1) is 6.92 Å². The Morgan fingerprint density at radius 2 is 1.73 bits per heavy atom. The van der Waals surface area contributed by atoms with Crippen molar-refractivity contribution in [2.24, 2.45) is 0 Å². The fourth-order valence-corrected chi connectivity index (χ4v) is 4.18. The van der Waals surface area contributed by atoms with E-state index in [2.05, 4.69) is 15.0 Å². The summed E-state index contributed by atoms with van der Waals surface area (Å²) in [7, 11) is -0.392. The Morgan fingerprint density at radius 3 is 2.43 bits per heavy atom. The molecule has 30 heavy (non-hydrogen) atoms. The van der Waals surface area contributed by atoms with E-state index in [0.29, 0.717) is 0 Å². The quantitative estimate of drug-likeness (QED) is 0.417. The molecule has 6 nitrogen and oxygen atoms in total. The first kappa shape index (κ1) is 20.0. The van der Waals surface area contributed by atoms with Crippen LogP contribution >= 0.6 is 0 Å². The molecule has 1 aromatic heterocycles. The van der Waals surface area contributed by atoms with Crippen LogP contribution < -0.4 is 14.8 Å². The number of sulfonamides is 1. The van der Waals surface area contributed by atoms with Gasteiger partial charge in [-0.1, -0.05) is 36.4 Å². The van der Waals surface area contributed by atoms with Crippen molar-refractivity contribution in [3.05, 3.63) is 72.3 Å². The Kier molecular flexibility index (Phi) is 5.24. The number of nitrogens with one attached hydrogen (secondary N) is 3. The number of hydrogen-bond acceptors (Lipinski definition) is 4. The third-order valence-corrected chi connectivity index (χ3v) is 6.52. The molecule has 0 radical (unpaired) electrons. The summed E-state index contributed by atoms with van der Waals surface area (Å²) in [4.78, 5) is 3.68. The summed E-state index contributed by atoms with van der Waals surface area (Å²) in [5.41, 5.74) is 4.90. The van der Waals surface area contributed by atoms with Crippen molar-refractivity contribution in [3.8, 4) is 16.9 Å². The SMILES string of the molecule is CNS(=O)(=O)c1ccc(-c2cccc3cc(Nc4ccc(C)c(OC)c4)[nH]c23)cc1. The first-order chi connectivity index (χ1) is 14.4. The lowest BCUT2D eigenvalue weighted by Gasteiger charge is -2.09.